The first-order chi connectivity index (χ1) is 27.7. The zero-order valence-electron chi connectivity index (χ0n) is 31.2. The van der Waals surface area contributed by atoms with Crippen molar-refractivity contribution in [2.24, 2.45) is 4.99 Å². The third-order valence-electron chi connectivity index (χ3n) is 10.2. The number of rotatable bonds is 9. The van der Waals surface area contributed by atoms with E-state index in [4.69, 9.17) is 0 Å². The van der Waals surface area contributed by atoms with E-state index in [0.29, 0.717) is 5.82 Å². The molecule has 7 aromatic carbocycles. The molecule has 6 nitrogen and oxygen atoms in total. The van der Waals surface area contributed by atoms with Crippen LogP contribution in [0.2, 0.25) is 0 Å². The molecule has 0 saturated carbocycles. The summed E-state index contributed by atoms with van der Waals surface area (Å²) in [4.78, 5) is 19.2. The summed E-state index contributed by atoms with van der Waals surface area (Å²) in [7, 11) is 1.79. The molecule has 56 heavy (non-hydrogen) atoms. The third kappa shape index (κ3) is 6.54. The first-order valence-electron chi connectivity index (χ1n) is 18.7. The van der Waals surface area contributed by atoms with Crippen LogP contribution in [-0.2, 0) is 0 Å². The standard InChI is InChI=1S/C50H38N6/c1-35(28-29-51-2)36-18-22-42(23-19-36)55(43-24-20-39(21-25-43)50-53-33-52-34-54-50)44-26-27-48-46(32-44)47-31-40(37-12-6-3-7-13-37)30-45(38-14-8-4-9-15-38)49(47)56(48)41-16-10-5-11-17-41/h3-34H,1-2H3/b35-28+,51-29?. The van der Waals surface area contributed by atoms with E-state index in [-0.39, 0.29) is 0 Å². The van der Waals surface area contributed by atoms with Gasteiger partial charge in [0.25, 0.3) is 0 Å². The Bertz CT molecular complexity index is 2830. The molecule has 0 amide bonds. The molecule has 2 aromatic heterocycles. The molecule has 0 aliphatic carbocycles. The second-order valence-corrected chi connectivity index (χ2v) is 13.7. The van der Waals surface area contributed by atoms with Crippen molar-refractivity contribution in [1.82, 2.24) is 19.5 Å². The van der Waals surface area contributed by atoms with Crippen LogP contribution in [0.1, 0.15) is 12.5 Å². The van der Waals surface area contributed by atoms with Gasteiger partial charge in [0.1, 0.15) is 12.7 Å². The number of anilines is 3. The number of aliphatic imine (C=N–C) groups is 1. The van der Waals surface area contributed by atoms with Gasteiger partial charge in [-0.2, -0.15) is 0 Å². The Labute approximate surface area is 326 Å². The molecule has 9 aromatic rings. The fraction of sp³-hybridized carbons (Fsp3) is 0.0400. The molecule has 0 aliphatic heterocycles. The van der Waals surface area contributed by atoms with E-state index in [1.807, 2.05) is 12.3 Å². The summed E-state index contributed by atoms with van der Waals surface area (Å²) >= 11 is 0. The van der Waals surface area contributed by atoms with Crippen LogP contribution >= 0.6 is 0 Å². The Morgan fingerprint density at radius 3 is 1.84 bits per heavy atom. The van der Waals surface area contributed by atoms with Crippen LogP contribution < -0.4 is 4.90 Å². The van der Waals surface area contributed by atoms with Gasteiger partial charge >= 0.3 is 0 Å². The number of aromatic nitrogens is 4. The maximum atomic E-state index is 4.38. The highest BCUT2D eigenvalue weighted by molar-refractivity contribution is 6.16. The van der Waals surface area contributed by atoms with Crippen LogP contribution in [0, 0.1) is 0 Å². The monoisotopic (exact) mass is 722 g/mol. The summed E-state index contributed by atoms with van der Waals surface area (Å²) in [5, 5.41) is 2.35. The lowest BCUT2D eigenvalue weighted by Gasteiger charge is -2.26. The molecule has 0 fully saturated rings. The van der Waals surface area contributed by atoms with Gasteiger partial charge in [-0.05, 0) is 120 Å². The highest BCUT2D eigenvalue weighted by Gasteiger charge is 2.21. The maximum absolute atomic E-state index is 4.38. The maximum Gasteiger partial charge on any atom is 0.162 e. The molecule has 2 heterocycles. The average Bonchev–Trinajstić information content (AvgIpc) is 3.60. The number of allylic oxidation sites excluding steroid dienone is 2. The van der Waals surface area contributed by atoms with Crippen LogP contribution in [0.3, 0.4) is 0 Å². The topological polar surface area (TPSA) is 59.2 Å². The molecule has 6 heteroatoms. The van der Waals surface area contributed by atoms with Crippen molar-refractivity contribution in [3.63, 3.8) is 0 Å². The molecule has 0 saturated heterocycles. The number of hydrogen-bond donors (Lipinski definition) is 0. The molecule has 0 atom stereocenters. The number of benzene rings is 7. The van der Waals surface area contributed by atoms with Gasteiger partial charge in [0.15, 0.2) is 5.82 Å². The zero-order valence-corrected chi connectivity index (χ0v) is 31.2. The van der Waals surface area contributed by atoms with Crippen LogP contribution in [-0.4, -0.2) is 32.8 Å². The molecular weight excluding hydrogens is 685 g/mol. The lowest BCUT2D eigenvalue weighted by Crippen LogP contribution is -2.10. The average molecular weight is 723 g/mol. The quantitative estimate of drug-likeness (QED) is 0.139. The molecule has 0 N–H and O–H groups in total. The Morgan fingerprint density at radius 1 is 0.571 bits per heavy atom. The van der Waals surface area contributed by atoms with E-state index >= 15 is 0 Å². The number of nitrogens with zero attached hydrogens (tertiary/aromatic N) is 6. The molecule has 0 unspecified atom stereocenters. The Kier molecular flexibility index (Phi) is 9.27. The summed E-state index contributed by atoms with van der Waals surface area (Å²) in [6, 6.07) is 60.8. The highest BCUT2D eigenvalue weighted by atomic mass is 15.1. The SMILES string of the molecule is CN=C/C=C(\C)c1ccc(N(c2ccc(-c3ncncn3)cc2)c2ccc3c(c2)c2cc(-c4ccccc4)cc(-c4ccccc4)c2n3-c2ccccc2)cc1. The van der Waals surface area contributed by atoms with Crippen LogP contribution in [0.25, 0.3) is 66.7 Å². The minimum atomic E-state index is 0.638. The Hall–Kier alpha value is -7.44. The number of para-hydroxylation sites is 1. The highest BCUT2D eigenvalue weighted by Crippen LogP contribution is 2.44. The van der Waals surface area contributed by atoms with Crippen molar-refractivity contribution in [3.8, 4) is 39.3 Å². The fourth-order valence-electron chi connectivity index (χ4n) is 7.51. The van der Waals surface area contributed by atoms with Crippen molar-refractivity contribution in [2.75, 3.05) is 11.9 Å². The fourth-order valence-corrected chi connectivity index (χ4v) is 7.51. The van der Waals surface area contributed by atoms with Crippen molar-refractivity contribution in [1.29, 1.82) is 0 Å². The van der Waals surface area contributed by atoms with E-state index in [1.54, 1.807) is 7.05 Å². The van der Waals surface area contributed by atoms with Crippen molar-refractivity contribution in [3.05, 3.63) is 194 Å². The predicted molar refractivity (Wildman–Crippen MR) is 233 cm³/mol. The van der Waals surface area contributed by atoms with E-state index in [1.165, 1.54) is 45.8 Å². The van der Waals surface area contributed by atoms with Crippen molar-refractivity contribution >= 4 is 50.7 Å². The summed E-state index contributed by atoms with van der Waals surface area (Å²) in [6.07, 6.45) is 6.93. The van der Waals surface area contributed by atoms with Gasteiger partial charge in [-0.3, -0.25) is 4.99 Å². The molecule has 0 aliphatic rings. The molecule has 0 bridgehead atoms. The summed E-state index contributed by atoms with van der Waals surface area (Å²) < 4.78 is 2.42. The molecule has 0 radical (unpaired) electrons. The minimum absolute atomic E-state index is 0.638. The molecule has 9 rings (SSSR count). The lowest BCUT2D eigenvalue weighted by molar-refractivity contribution is 1.06. The normalized spacial score (nSPS) is 11.8. The summed E-state index contributed by atoms with van der Waals surface area (Å²) in [5.41, 5.74) is 14.4. The molecule has 0 spiro atoms. The summed E-state index contributed by atoms with van der Waals surface area (Å²) in [6.45, 7) is 2.11. The first kappa shape index (κ1) is 34.3. The third-order valence-corrected chi connectivity index (χ3v) is 10.2. The van der Waals surface area contributed by atoms with Gasteiger partial charge in [0, 0.05) is 57.9 Å². The number of hydrogen-bond acceptors (Lipinski definition) is 5. The van der Waals surface area contributed by atoms with Crippen LogP contribution in [0.5, 0.6) is 0 Å². The van der Waals surface area contributed by atoms with E-state index in [0.717, 1.165) is 50.4 Å². The van der Waals surface area contributed by atoms with E-state index in [9.17, 15) is 0 Å². The van der Waals surface area contributed by atoms with Crippen LogP contribution in [0.4, 0.5) is 17.1 Å². The Balaban J connectivity index is 1.30. The van der Waals surface area contributed by atoms with Crippen molar-refractivity contribution < 1.29 is 0 Å². The second kappa shape index (κ2) is 15.1. The zero-order chi connectivity index (χ0) is 37.8. The van der Waals surface area contributed by atoms with Gasteiger partial charge < -0.3 is 9.47 Å². The van der Waals surface area contributed by atoms with Gasteiger partial charge in [-0.1, -0.05) is 91.0 Å². The molecule has 268 valence electrons. The summed E-state index contributed by atoms with van der Waals surface area (Å²) in [5.74, 6) is 0.638. The van der Waals surface area contributed by atoms with Crippen LogP contribution in [0.15, 0.2) is 194 Å². The minimum Gasteiger partial charge on any atom is -0.310 e. The second-order valence-electron chi connectivity index (χ2n) is 13.7. The van der Waals surface area contributed by atoms with Gasteiger partial charge in [-0.25, -0.2) is 15.0 Å². The smallest absolute Gasteiger partial charge is 0.162 e. The van der Waals surface area contributed by atoms with Gasteiger partial charge in [0.05, 0.1) is 11.0 Å². The predicted octanol–water partition coefficient (Wildman–Crippen LogP) is 12.5. The Morgan fingerprint density at radius 2 is 1.18 bits per heavy atom. The van der Waals surface area contributed by atoms with E-state index < -0.39 is 0 Å². The van der Waals surface area contributed by atoms with Crippen molar-refractivity contribution in [2.45, 2.75) is 6.92 Å². The number of fused-ring (bicyclic) bond motifs is 3. The lowest BCUT2D eigenvalue weighted by atomic mass is 9.95. The van der Waals surface area contributed by atoms with E-state index in [2.05, 4.69) is 206 Å². The largest absolute Gasteiger partial charge is 0.310 e. The van der Waals surface area contributed by atoms with Gasteiger partial charge in [-0.15, -0.1) is 0 Å². The first-order valence-corrected chi connectivity index (χ1v) is 18.7. The van der Waals surface area contributed by atoms with Gasteiger partial charge in [0.2, 0.25) is 0 Å². The molecular formula is C50H38N6.